The van der Waals surface area contributed by atoms with Gasteiger partial charge in [-0.3, -0.25) is 4.79 Å². The topological polar surface area (TPSA) is 59.0 Å². The average molecular weight is 545 g/mol. The van der Waals surface area contributed by atoms with E-state index < -0.39 is 24.2 Å². The summed E-state index contributed by atoms with van der Waals surface area (Å²) in [6.45, 7) is 0.190. The fourth-order valence-electron chi connectivity index (χ4n) is 4.40. The first kappa shape index (κ1) is 25.2. The van der Waals surface area contributed by atoms with Gasteiger partial charge in [-0.25, -0.2) is 4.68 Å². The summed E-state index contributed by atoms with van der Waals surface area (Å²) in [7, 11) is 0. The van der Waals surface area contributed by atoms with Crippen LogP contribution in [0.15, 0.2) is 79.0 Å². The van der Waals surface area contributed by atoms with Crippen molar-refractivity contribution in [1.82, 2.24) is 15.1 Å². The molecule has 2 N–H and O–H groups in total. The Hall–Kier alpha value is -3.49. The lowest BCUT2D eigenvalue weighted by molar-refractivity contribution is -0.173. The number of nitrogens with one attached hydrogen (secondary N) is 2. The summed E-state index contributed by atoms with van der Waals surface area (Å²) in [5.41, 5.74) is 3.41. The van der Waals surface area contributed by atoms with Crippen molar-refractivity contribution >= 4 is 34.9 Å². The lowest BCUT2D eigenvalue weighted by Crippen LogP contribution is -2.36. The summed E-state index contributed by atoms with van der Waals surface area (Å²) in [6.07, 6.45) is -3.56. The van der Waals surface area contributed by atoms with Gasteiger partial charge < -0.3 is 10.6 Å². The Kier molecular flexibility index (Phi) is 6.88. The molecule has 37 heavy (non-hydrogen) atoms. The number of fused-ring (bicyclic) bond motifs is 1. The van der Waals surface area contributed by atoms with Gasteiger partial charge in [0.05, 0.1) is 22.3 Å². The van der Waals surface area contributed by atoms with Crippen LogP contribution in [0, 0.1) is 0 Å². The summed E-state index contributed by atoms with van der Waals surface area (Å²) < 4.78 is 42.5. The molecule has 0 aliphatic carbocycles. The summed E-state index contributed by atoms with van der Waals surface area (Å²) in [5.74, 6) is -0.466. The molecule has 1 aliphatic rings. The maximum atomic E-state index is 13.9. The minimum absolute atomic E-state index is 0.0508. The lowest BCUT2D eigenvalue weighted by atomic mass is 9.96. The third kappa shape index (κ3) is 5.31. The lowest BCUT2D eigenvalue weighted by Gasteiger charge is -2.34. The van der Waals surface area contributed by atoms with E-state index in [1.165, 1.54) is 6.20 Å². The van der Waals surface area contributed by atoms with Gasteiger partial charge in [0.2, 0.25) is 0 Å². The van der Waals surface area contributed by atoms with Gasteiger partial charge in [0.1, 0.15) is 11.4 Å². The fourth-order valence-corrected chi connectivity index (χ4v) is 4.70. The van der Waals surface area contributed by atoms with E-state index >= 15 is 0 Å². The SMILES string of the molecule is O=C(NCc1ccc(-c2ccc(Cl)c(Cl)c2)cc1)c1cnn2c1N[C@@H](c1ccccc1)C[C@H]2C(F)(F)F. The molecule has 5 rings (SSSR count). The fraction of sp³-hybridized carbons (Fsp3) is 0.185. The van der Waals surface area contributed by atoms with Crippen LogP contribution in [-0.4, -0.2) is 21.9 Å². The molecular weight excluding hydrogens is 524 g/mol. The van der Waals surface area contributed by atoms with Crippen molar-refractivity contribution in [2.24, 2.45) is 0 Å². The van der Waals surface area contributed by atoms with Crippen molar-refractivity contribution in [3.8, 4) is 11.1 Å². The highest BCUT2D eigenvalue weighted by Crippen LogP contribution is 2.44. The van der Waals surface area contributed by atoms with Crippen LogP contribution in [0.4, 0.5) is 19.0 Å². The Morgan fingerprint density at radius 3 is 2.38 bits per heavy atom. The van der Waals surface area contributed by atoms with Crippen molar-refractivity contribution in [1.29, 1.82) is 0 Å². The highest BCUT2D eigenvalue weighted by atomic mass is 35.5. The van der Waals surface area contributed by atoms with Crippen LogP contribution in [0.1, 0.15) is 40.0 Å². The van der Waals surface area contributed by atoms with E-state index in [2.05, 4.69) is 15.7 Å². The summed E-state index contributed by atoms with van der Waals surface area (Å²) >= 11 is 12.1. The van der Waals surface area contributed by atoms with Crippen molar-refractivity contribution in [2.45, 2.75) is 31.2 Å². The quantitative estimate of drug-likeness (QED) is 0.274. The molecule has 190 valence electrons. The van der Waals surface area contributed by atoms with E-state index in [0.717, 1.165) is 21.4 Å². The van der Waals surface area contributed by atoms with E-state index in [1.54, 1.807) is 42.5 Å². The van der Waals surface area contributed by atoms with Gasteiger partial charge in [-0.05, 0) is 34.4 Å². The monoisotopic (exact) mass is 544 g/mol. The van der Waals surface area contributed by atoms with Gasteiger partial charge in [0.15, 0.2) is 6.04 Å². The van der Waals surface area contributed by atoms with E-state index in [4.69, 9.17) is 23.2 Å². The van der Waals surface area contributed by atoms with Crippen LogP contribution in [-0.2, 0) is 6.54 Å². The number of benzene rings is 3. The Morgan fingerprint density at radius 2 is 1.70 bits per heavy atom. The van der Waals surface area contributed by atoms with Gasteiger partial charge in [-0.2, -0.15) is 18.3 Å². The largest absolute Gasteiger partial charge is 0.410 e. The molecule has 1 aromatic heterocycles. The molecule has 0 spiro atoms. The number of carbonyl (C=O) groups is 1. The van der Waals surface area contributed by atoms with Gasteiger partial charge in [0.25, 0.3) is 5.91 Å². The maximum absolute atomic E-state index is 13.9. The third-order valence-electron chi connectivity index (χ3n) is 6.34. The highest BCUT2D eigenvalue weighted by molar-refractivity contribution is 6.42. The molecule has 1 amide bonds. The minimum Gasteiger partial charge on any atom is -0.363 e. The first-order valence-corrected chi connectivity index (χ1v) is 12.2. The molecule has 0 unspecified atom stereocenters. The first-order valence-electron chi connectivity index (χ1n) is 11.5. The summed E-state index contributed by atoms with van der Waals surface area (Å²) in [4.78, 5) is 13.0. The van der Waals surface area contributed by atoms with E-state index in [0.29, 0.717) is 15.6 Å². The number of halogens is 5. The van der Waals surface area contributed by atoms with Crippen molar-refractivity contribution < 1.29 is 18.0 Å². The molecule has 0 radical (unpaired) electrons. The van der Waals surface area contributed by atoms with Crippen molar-refractivity contribution in [3.63, 3.8) is 0 Å². The molecule has 0 bridgehead atoms. The Morgan fingerprint density at radius 1 is 1.00 bits per heavy atom. The highest BCUT2D eigenvalue weighted by Gasteiger charge is 2.47. The number of hydrogen-bond acceptors (Lipinski definition) is 3. The standard InChI is InChI=1S/C27H21Cl2F3N4O/c28-21-11-10-19(12-22(21)29)17-8-6-16(7-9-17)14-33-26(37)20-15-34-36-24(27(30,31)32)13-23(35-25(20)36)18-4-2-1-3-5-18/h1-12,15,23-24,35H,13-14H2,(H,33,37)/t23-,24+/m1/s1. The number of hydrogen-bond donors (Lipinski definition) is 2. The Labute approximate surface area is 221 Å². The first-order chi connectivity index (χ1) is 17.7. The second-order valence-electron chi connectivity index (χ2n) is 8.76. The zero-order chi connectivity index (χ0) is 26.2. The van der Waals surface area contributed by atoms with Gasteiger partial charge in [0, 0.05) is 13.0 Å². The number of aromatic nitrogens is 2. The minimum atomic E-state index is -4.51. The number of amides is 1. The average Bonchev–Trinajstić information content (AvgIpc) is 3.32. The number of alkyl halides is 3. The summed E-state index contributed by atoms with van der Waals surface area (Å²) in [5, 5.41) is 10.7. The molecule has 3 aromatic carbocycles. The van der Waals surface area contributed by atoms with Crippen LogP contribution in [0.3, 0.4) is 0 Å². The van der Waals surface area contributed by atoms with Gasteiger partial charge in [-0.15, -0.1) is 0 Å². The molecule has 4 aromatic rings. The van der Waals surface area contributed by atoms with Crippen LogP contribution in [0.2, 0.25) is 10.0 Å². The number of nitrogens with zero attached hydrogens (tertiary/aromatic N) is 2. The summed E-state index contributed by atoms with van der Waals surface area (Å²) in [6, 6.07) is 19.3. The van der Waals surface area contributed by atoms with Crippen LogP contribution < -0.4 is 10.6 Å². The van der Waals surface area contributed by atoms with Crippen molar-refractivity contribution in [2.75, 3.05) is 5.32 Å². The molecule has 1 aliphatic heterocycles. The zero-order valence-corrected chi connectivity index (χ0v) is 20.8. The molecule has 2 heterocycles. The molecular formula is C27H21Cl2F3N4O. The normalized spacial score (nSPS) is 17.1. The zero-order valence-electron chi connectivity index (χ0n) is 19.3. The van der Waals surface area contributed by atoms with Crippen LogP contribution in [0.25, 0.3) is 11.1 Å². The Bertz CT molecular complexity index is 1420. The molecule has 10 heteroatoms. The van der Waals surface area contributed by atoms with Crippen molar-refractivity contribution in [3.05, 3.63) is 106 Å². The van der Waals surface area contributed by atoms with E-state index in [9.17, 15) is 18.0 Å². The van der Waals surface area contributed by atoms with Gasteiger partial charge in [-0.1, -0.05) is 83.9 Å². The number of rotatable bonds is 5. The molecule has 0 fully saturated rings. The Balaban J connectivity index is 1.33. The molecule has 5 nitrogen and oxygen atoms in total. The number of anilines is 1. The smallest absolute Gasteiger partial charge is 0.363 e. The predicted molar refractivity (Wildman–Crippen MR) is 138 cm³/mol. The predicted octanol–water partition coefficient (Wildman–Crippen LogP) is 7.45. The van der Waals surface area contributed by atoms with Crippen LogP contribution >= 0.6 is 23.2 Å². The second kappa shape index (κ2) is 10.1. The second-order valence-corrected chi connectivity index (χ2v) is 9.58. The van der Waals surface area contributed by atoms with Crippen LogP contribution in [0.5, 0.6) is 0 Å². The number of carbonyl (C=O) groups excluding carboxylic acids is 1. The molecule has 2 atom stereocenters. The third-order valence-corrected chi connectivity index (χ3v) is 7.08. The van der Waals surface area contributed by atoms with Gasteiger partial charge >= 0.3 is 6.18 Å². The molecule has 0 saturated heterocycles. The maximum Gasteiger partial charge on any atom is 0.410 e. The van der Waals surface area contributed by atoms with E-state index in [-0.39, 0.29) is 24.3 Å². The van der Waals surface area contributed by atoms with E-state index in [1.807, 2.05) is 30.3 Å². The molecule has 0 saturated carbocycles.